The highest BCUT2D eigenvalue weighted by Gasteiger charge is 2.25. The molecule has 3 rings (SSSR count). The van der Waals surface area contributed by atoms with Crippen LogP contribution in [0.4, 0.5) is 0 Å². The highest BCUT2D eigenvalue weighted by molar-refractivity contribution is 5.81. The standard InChI is InChI=1S/C22H26N2O2/c1-19(26-21-12-6-3-7-13-21)22(25)24-17-15-23(16-18-24)14-8-11-20-9-4-2-5-10-20/h2-13,19H,14-18H2,1H3/b11-8+/t19-/m1/s1. The minimum atomic E-state index is -0.457. The van der Waals surface area contributed by atoms with Crippen LogP contribution < -0.4 is 4.74 Å². The number of hydrogen-bond acceptors (Lipinski definition) is 3. The van der Waals surface area contributed by atoms with E-state index in [0.717, 1.165) is 38.5 Å². The van der Waals surface area contributed by atoms with Crippen LogP contribution in [0, 0.1) is 0 Å². The van der Waals surface area contributed by atoms with Crippen molar-refractivity contribution in [1.29, 1.82) is 0 Å². The molecule has 0 saturated carbocycles. The van der Waals surface area contributed by atoms with E-state index in [1.165, 1.54) is 5.56 Å². The second-order valence-electron chi connectivity index (χ2n) is 6.51. The first-order valence-electron chi connectivity index (χ1n) is 9.17. The van der Waals surface area contributed by atoms with Gasteiger partial charge in [-0.1, -0.05) is 60.7 Å². The third-order valence-electron chi connectivity index (χ3n) is 4.56. The number of ether oxygens (including phenoxy) is 1. The highest BCUT2D eigenvalue weighted by Crippen LogP contribution is 2.13. The van der Waals surface area contributed by atoms with Crippen molar-refractivity contribution in [3.63, 3.8) is 0 Å². The Morgan fingerprint density at radius 1 is 1.00 bits per heavy atom. The number of benzene rings is 2. The fraction of sp³-hybridized carbons (Fsp3) is 0.318. The zero-order chi connectivity index (χ0) is 18.2. The smallest absolute Gasteiger partial charge is 0.263 e. The molecule has 1 aliphatic rings. The van der Waals surface area contributed by atoms with Crippen molar-refractivity contribution in [1.82, 2.24) is 9.80 Å². The predicted octanol–water partition coefficient (Wildman–Crippen LogP) is 3.31. The Balaban J connectivity index is 1.42. The first-order valence-corrected chi connectivity index (χ1v) is 9.17. The van der Waals surface area contributed by atoms with Crippen LogP contribution in [0.15, 0.2) is 66.7 Å². The molecule has 0 unspecified atom stereocenters. The summed E-state index contributed by atoms with van der Waals surface area (Å²) < 4.78 is 5.75. The lowest BCUT2D eigenvalue weighted by molar-refractivity contribution is -0.139. The molecule has 4 heteroatoms. The molecule has 1 heterocycles. The summed E-state index contributed by atoms with van der Waals surface area (Å²) in [6.45, 7) is 6.02. The maximum absolute atomic E-state index is 12.6. The van der Waals surface area contributed by atoms with E-state index in [0.29, 0.717) is 0 Å². The molecular weight excluding hydrogens is 324 g/mol. The highest BCUT2D eigenvalue weighted by atomic mass is 16.5. The quantitative estimate of drug-likeness (QED) is 0.801. The van der Waals surface area contributed by atoms with Gasteiger partial charge in [-0.15, -0.1) is 0 Å². The molecule has 1 aliphatic heterocycles. The van der Waals surface area contributed by atoms with Crippen molar-refractivity contribution in [3.8, 4) is 5.75 Å². The lowest BCUT2D eigenvalue weighted by atomic mass is 10.2. The Morgan fingerprint density at radius 2 is 1.62 bits per heavy atom. The summed E-state index contributed by atoms with van der Waals surface area (Å²) in [7, 11) is 0. The van der Waals surface area contributed by atoms with Crippen LogP contribution in [-0.4, -0.2) is 54.5 Å². The van der Waals surface area contributed by atoms with E-state index in [4.69, 9.17) is 4.74 Å². The molecule has 1 atom stereocenters. The Hall–Kier alpha value is -2.59. The predicted molar refractivity (Wildman–Crippen MR) is 105 cm³/mol. The van der Waals surface area contributed by atoms with Crippen molar-refractivity contribution in [2.45, 2.75) is 13.0 Å². The lowest BCUT2D eigenvalue weighted by Crippen LogP contribution is -2.51. The monoisotopic (exact) mass is 350 g/mol. The minimum absolute atomic E-state index is 0.0633. The number of carbonyl (C=O) groups is 1. The second kappa shape index (κ2) is 9.20. The molecule has 1 fully saturated rings. The summed E-state index contributed by atoms with van der Waals surface area (Å²) in [6.07, 6.45) is 3.88. The molecule has 0 aromatic heterocycles. The Bertz CT molecular complexity index is 707. The van der Waals surface area contributed by atoms with Gasteiger partial charge in [0.25, 0.3) is 5.91 Å². The number of piperazine rings is 1. The van der Waals surface area contributed by atoms with Gasteiger partial charge in [0.1, 0.15) is 5.75 Å². The van der Waals surface area contributed by atoms with E-state index in [2.05, 4.69) is 29.2 Å². The van der Waals surface area contributed by atoms with Gasteiger partial charge >= 0.3 is 0 Å². The first kappa shape index (κ1) is 18.2. The zero-order valence-corrected chi connectivity index (χ0v) is 15.3. The van der Waals surface area contributed by atoms with Crippen molar-refractivity contribution in [2.75, 3.05) is 32.7 Å². The molecule has 0 N–H and O–H groups in total. The molecular formula is C22H26N2O2. The van der Waals surface area contributed by atoms with Crippen molar-refractivity contribution in [3.05, 3.63) is 72.3 Å². The Kier molecular flexibility index (Phi) is 6.45. The summed E-state index contributed by atoms with van der Waals surface area (Å²) in [5, 5.41) is 0. The van der Waals surface area contributed by atoms with Gasteiger partial charge < -0.3 is 9.64 Å². The summed E-state index contributed by atoms with van der Waals surface area (Å²) in [5.74, 6) is 0.798. The van der Waals surface area contributed by atoms with Crippen molar-refractivity contribution < 1.29 is 9.53 Å². The largest absolute Gasteiger partial charge is 0.481 e. The topological polar surface area (TPSA) is 32.8 Å². The van der Waals surface area contributed by atoms with Gasteiger partial charge in [0.15, 0.2) is 6.10 Å². The molecule has 0 radical (unpaired) electrons. The molecule has 1 amide bonds. The Morgan fingerprint density at radius 3 is 2.27 bits per heavy atom. The van der Waals surface area contributed by atoms with Crippen molar-refractivity contribution >= 4 is 12.0 Å². The van der Waals surface area contributed by atoms with Gasteiger partial charge in [-0.2, -0.15) is 0 Å². The summed E-state index contributed by atoms with van der Waals surface area (Å²) in [5.41, 5.74) is 1.22. The van der Waals surface area contributed by atoms with Crippen LogP contribution in [0.2, 0.25) is 0 Å². The van der Waals surface area contributed by atoms with Crippen LogP contribution in [-0.2, 0) is 4.79 Å². The summed E-state index contributed by atoms with van der Waals surface area (Å²) in [4.78, 5) is 16.9. The van der Waals surface area contributed by atoms with E-state index < -0.39 is 6.10 Å². The number of rotatable bonds is 6. The van der Waals surface area contributed by atoms with Gasteiger partial charge in [-0.05, 0) is 24.6 Å². The van der Waals surface area contributed by atoms with E-state index in [-0.39, 0.29) is 5.91 Å². The molecule has 136 valence electrons. The van der Waals surface area contributed by atoms with Gasteiger partial charge in [-0.25, -0.2) is 0 Å². The third kappa shape index (κ3) is 5.20. The third-order valence-corrected chi connectivity index (χ3v) is 4.56. The molecule has 0 aliphatic carbocycles. The van der Waals surface area contributed by atoms with Gasteiger partial charge in [-0.3, -0.25) is 9.69 Å². The lowest BCUT2D eigenvalue weighted by Gasteiger charge is -2.35. The number of para-hydroxylation sites is 1. The van der Waals surface area contributed by atoms with E-state index in [9.17, 15) is 4.79 Å². The van der Waals surface area contributed by atoms with Gasteiger partial charge in [0.05, 0.1) is 0 Å². The second-order valence-corrected chi connectivity index (χ2v) is 6.51. The number of nitrogens with zero attached hydrogens (tertiary/aromatic N) is 2. The number of carbonyl (C=O) groups excluding carboxylic acids is 1. The normalized spacial score (nSPS) is 16.6. The molecule has 4 nitrogen and oxygen atoms in total. The van der Waals surface area contributed by atoms with Crippen LogP contribution in [0.1, 0.15) is 12.5 Å². The zero-order valence-electron chi connectivity index (χ0n) is 15.3. The molecule has 26 heavy (non-hydrogen) atoms. The van der Waals surface area contributed by atoms with Crippen LogP contribution in [0.25, 0.3) is 6.08 Å². The van der Waals surface area contributed by atoms with Crippen molar-refractivity contribution in [2.24, 2.45) is 0 Å². The number of hydrogen-bond donors (Lipinski definition) is 0. The van der Waals surface area contributed by atoms with E-state index in [1.807, 2.05) is 60.4 Å². The number of amides is 1. The average Bonchev–Trinajstić information content (AvgIpc) is 2.69. The first-order chi connectivity index (χ1) is 12.7. The van der Waals surface area contributed by atoms with Gasteiger partial charge in [0, 0.05) is 32.7 Å². The van der Waals surface area contributed by atoms with Gasteiger partial charge in [0.2, 0.25) is 0 Å². The van der Waals surface area contributed by atoms with Crippen LogP contribution >= 0.6 is 0 Å². The maximum Gasteiger partial charge on any atom is 0.263 e. The Labute approximate surface area is 155 Å². The molecule has 1 saturated heterocycles. The maximum atomic E-state index is 12.6. The molecule has 0 bridgehead atoms. The molecule has 0 spiro atoms. The molecule has 2 aromatic carbocycles. The SMILES string of the molecule is C[C@@H](Oc1ccccc1)C(=O)N1CCN(C/C=C/c2ccccc2)CC1. The van der Waals surface area contributed by atoms with E-state index >= 15 is 0 Å². The van der Waals surface area contributed by atoms with Crippen LogP contribution in [0.5, 0.6) is 5.75 Å². The minimum Gasteiger partial charge on any atom is -0.481 e. The fourth-order valence-corrected chi connectivity index (χ4v) is 3.06. The fourth-order valence-electron chi connectivity index (χ4n) is 3.06. The van der Waals surface area contributed by atoms with Crippen LogP contribution in [0.3, 0.4) is 0 Å². The molecule has 2 aromatic rings. The summed E-state index contributed by atoms with van der Waals surface area (Å²) in [6, 6.07) is 19.8. The average molecular weight is 350 g/mol. The van der Waals surface area contributed by atoms with E-state index in [1.54, 1.807) is 0 Å². The summed E-state index contributed by atoms with van der Waals surface area (Å²) >= 11 is 0.